The molecular formula is C10H21NO2. The van der Waals surface area contributed by atoms with Crippen LogP contribution in [0.5, 0.6) is 0 Å². The van der Waals surface area contributed by atoms with Crippen LogP contribution >= 0.6 is 0 Å². The van der Waals surface area contributed by atoms with E-state index in [2.05, 4.69) is 13.8 Å². The molecule has 0 radical (unpaired) electrons. The lowest BCUT2D eigenvalue weighted by Crippen LogP contribution is -2.49. The molecule has 2 N–H and O–H groups in total. The highest BCUT2D eigenvalue weighted by molar-refractivity contribution is 4.76. The lowest BCUT2D eigenvalue weighted by Gasteiger charge is -2.39. The van der Waals surface area contributed by atoms with E-state index in [1.807, 2.05) is 0 Å². The van der Waals surface area contributed by atoms with Crippen molar-refractivity contribution in [2.75, 3.05) is 13.2 Å². The summed E-state index contributed by atoms with van der Waals surface area (Å²) in [6, 6.07) is 0.0573. The maximum atomic E-state index is 5.71. The van der Waals surface area contributed by atoms with E-state index in [1.165, 1.54) is 0 Å². The predicted octanol–water partition coefficient (Wildman–Crippen LogP) is 1.66. The van der Waals surface area contributed by atoms with Crippen molar-refractivity contribution in [3.05, 3.63) is 0 Å². The van der Waals surface area contributed by atoms with Crippen molar-refractivity contribution in [2.45, 2.75) is 51.4 Å². The van der Waals surface area contributed by atoms with Gasteiger partial charge in [-0.25, -0.2) is 0 Å². The number of hydrogen-bond acceptors (Lipinski definition) is 3. The molecule has 1 rings (SSSR count). The van der Waals surface area contributed by atoms with Gasteiger partial charge in [0.15, 0.2) is 5.79 Å². The Kier molecular flexibility index (Phi) is 4.16. The Morgan fingerprint density at radius 3 is 2.00 bits per heavy atom. The van der Waals surface area contributed by atoms with Gasteiger partial charge in [-0.2, -0.15) is 0 Å². The van der Waals surface area contributed by atoms with Crippen LogP contribution in [0, 0.1) is 0 Å². The summed E-state index contributed by atoms with van der Waals surface area (Å²) in [6.45, 7) is 5.58. The van der Waals surface area contributed by atoms with E-state index in [0.717, 1.165) is 25.7 Å². The molecule has 0 unspecified atom stereocenters. The lowest BCUT2D eigenvalue weighted by molar-refractivity contribution is -0.278. The first-order valence-electron chi connectivity index (χ1n) is 5.26. The van der Waals surface area contributed by atoms with Crippen LogP contribution in [0.3, 0.4) is 0 Å². The van der Waals surface area contributed by atoms with E-state index in [9.17, 15) is 0 Å². The van der Waals surface area contributed by atoms with Gasteiger partial charge in [-0.05, 0) is 0 Å². The van der Waals surface area contributed by atoms with Crippen molar-refractivity contribution in [1.82, 2.24) is 0 Å². The number of rotatable bonds is 4. The summed E-state index contributed by atoms with van der Waals surface area (Å²) in [5, 5.41) is 0. The van der Waals surface area contributed by atoms with Crippen LogP contribution in [0.1, 0.15) is 39.5 Å². The second-order valence-corrected chi connectivity index (χ2v) is 3.79. The topological polar surface area (TPSA) is 44.5 Å². The van der Waals surface area contributed by atoms with Crippen LogP contribution < -0.4 is 5.73 Å². The van der Waals surface area contributed by atoms with E-state index >= 15 is 0 Å². The summed E-state index contributed by atoms with van der Waals surface area (Å²) in [4.78, 5) is 0. The zero-order chi connectivity index (χ0) is 9.73. The van der Waals surface area contributed by atoms with Gasteiger partial charge in [-0.1, -0.05) is 26.7 Å². The molecule has 3 heteroatoms. The van der Waals surface area contributed by atoms with Crippen molar-refractivity contribution in [1.29, 1.82) is 0 Å². The molecule has 13 heavy (non-hydrogen) atoms. The first-order valence-corrected chi connectivity index (χ1v) is 5.26. The predicted molar refractivity (Wildman–Crippen MR) is 52.4 cm³/mol. The van der Waals surface area contributed by atoms with E-state index in [-0.39, 0.29) is 11.8 Å². The molecule has 3 nitrogen and oxygen atoms in total. The van der Waals surface area contributed by atoms with E-state index in [1.54, 1.807) is 0 Å². The van der Waals surface area contributed by atoms with Crippen LogP contribution in [0.2, 0.25) is 0 Å². The number of hydrogen-bond donors (Lipinski definition) is 1. The molecule has 0 bridgehead atoms. The average molecular weight is 187 g/mol. The smallest absolute Gasteiger partial charge is 0.168 e. The minimum atomic E-state index is -0.320. The first-order chi connectivity index (χ1) is 6.22. The van der Waals surface area contributed by atoms with Gasteiger partial charge < -0.3 is 15.2 Å². The normalized spacial score (nSPS) is 23.3. The van der Waals surface area contributed by atoms with Crippen LogP contribution in [0.15, 0.2) is 0 Å². The van der Waals surface area contributed by atoms with Gasteiger partial charge in [0.1, 0.15) is 0 Å². The van der Waals surface area contributed by atoms with E-state index in [0.29, 0.717) is 13.2 Å². The quantitative estimate of drug-likeness (QED) is 0.728. The molecular weight excluding hydrogens is 166 g/mol. The molecule has 0 aliphatic carbocycles. The van der Waals surface area contributed by atoms with Crippen LogP contribution in [0.25, 0.3) is 0 Å². The summed E-state index contributed by atoms with van der Waals surface area (Å²) in [7, 11) is 0. The summed E-state index contributed by atoms with van der Waals surface area (Å²) >= 11 is 0. The average Bonchev–Trinajstić information content (AvgIpc) is 2.11. The van der Waals surface area contributed by atoms with Gasteiger partial charge in [0.25, 0.3) is 0 Å². The summed E-state index contributed by atoms with van der Waals surface area (Å²) < 4.78 is 11.4. The third-order valence-electron chi connectivity index (χ3n) is 2.38. The molecule has 1 aliphatic heterocycles. The fourth-order valence-electron chi connectivity index (χ4n) is 1.78. The zero-order valence-electron chi connectivity index (χ0n) is 8.71. The molecule has 1 heterocycles. The molecule has 0 amide bonds. The second-order valence-electron chi connectivity index (χ2n) is 3.79. The van der Waals surface area contributed by atoms with Crippen molar-refractivity contribution in [2.24, 2.45) is 5.73 Å². The SMILES string of the molecule is CCCC1(CCC)OCC(N)CO1. The Morgan fingerprint density at radius 1 is 1.15 bits per heavy atom. The minimum Gasteiger partial charge on any atom is -0.348 e. The molecule has 0 aromatic carbocycles. The van der Waals surface area contributed by atoms with Gasteiger partial charge in [-0.15, -0.1) is 0 Å². The highest BCUT2D eigenvalue weighted by atomic mass is 16.7. The van der Waals surface area contributed by atoms with Crippen molar-refractivity contribution in [3.8, 4) is 0 Å². The molecule has 0 saturated carbocycles. The van der Waals surface area contributed by atoms with Crippen molar-refractivity contribution < 1.29 is 9.47 Å². The summed E-state index contributed by atoms with van der Waals surface area (Å²) in [6.07, 6.45) is 4.14. The molecule has 0 atom stereocenters. The monoisotopic (exact) mass is 187 g/mol. The fraction of sp³-hybridized carbons (Fsp3) is 1.00. The standard InChI is InChI=1S/C10H21NO2/c1-3-5-10(6-4-2)12-7-9(11)8-13-10/h9H,3-8,11H2,1-2H3. The minimum absolute atomic E-state index is 0.0573. The van der Waals surface area contributed by atoms with Gasteiger partial charge >= 0.3 is 0 Å². The van der Waals surface area contributed by atoms with Gasteiger partial charge in [0, 0.05) is 12.8 Å². The van der Waals surface area contributed by atoms with Crippen LogP contribution in [0.4, 0.5) is 0 Å². The third-order valence-corrected chi connectivity index (χ3v) is 2.38. The number of ether oxygens (including phenoxy) is 2. The lowest BCUT2D eigenvalue weighted by atomic mass is 10.0. The van der Waals surface area contributed by atoms with E-state index < -0.39 is 0 Å². The summed E-state index contributed by atoms with van der Waals surface area (Å²) in [5.41, 5.74) is 5.70. The molecule has 0 aromatic rings. The Hall–Kier alpha value is -0.120. The molecule has 0 aromatic heterocycles. The largest absolute Gasteiger partial charge is 0.348 e. The first kappa shape index (κ1) is 11.0. The van der Waals surface area contributed by atoms with Crippen LogP contribution in [-0.2, 0) is 9.47 Å². The zero-order valence-corrected chi connectivity index (χ0v) is 8.71. The Labute approximate surface area is 80.6 Å². The van der Waals surface area contributed by atoms with Gasteiger partial charge in [0.2, 0.25) is 0 Å². The Morgan fingerprint density at radius 2 is 1.62 bits per heavy atom. The maximum absolute atomic E-state index is 5.71. The van der Waals surface area contributed by atoms with Crippen molar-refractivity contribution in [3.63, 3.8) is 0 Å². The Bertz CT molecular complexity index is 134. The maximum Gasteiger partial charge on any atom is 0.168 e. The molecule has 78 valence electrons. The fourth-order valence-corrected chi connectivity index (χ4v) is 1.78. The molecule has 0 spiro atoms. The Balaban J connectivity index is 2.47. The number of nitrogens with two attached hydrogens (primary N) is 1. The van der Waals surface area contributed by atoms with Gasteiger partial charge in [0.05, 0.1) is 19.3 Å². The highest BCUT2D eigenvalue weighted by Crippen LogP contribution is 2.28. The third kappa shape index (κ3) is 2.93. The van der Waals surface area contributed by atoms with Crippen LogP contribution in [-0.4, -0.2) is 25.0 Å². The van der Waals surface area contributed by atoms with Crippen molar-refractivity contribution >= 4 is 0 Å². The summed E-state index contributed by atoms with van der Waals surface area (Å²) in [5.74, 6) is -0.320. The molecule has 1 fully saturated rings. The molecule has 1 saturated heterocycles. The van der Waals surface area contributed by atoms with E-state index in [4.69, 9.17) is 15.2 Å². The molecule has 1 aliphatic rings. The highest BCUT2D eigenvalue weighted by Gasteiger charge is 2.34. The van der Waals surface area contributed by atoms with Gasteiger partial charge in [-0.3, -0.25) is 0 Å². The second kappa shape index (κ2) is 4.94.